The fourth-order valence-corrected chi connectivity index (χ4v) is 11.1. The Bertz CT molecular complexity index is 1940. The highest BCUT2D eigenvalue weighted by Gasteiger charge is 2.69. The molecular weight excluding hydrogens is 623 g/mol. The molecule has 4 aliphatic rings. The van der Waals surface area contributed by atoms with Crippen LogP contribution in [-0.2, 0) is 14.4 Å². The number of aromatic amines is 1. The number of hydrogen-bond acceptors (Lipinski definition) is 8. The van der Waals surface area contributed by atoms with E-state index in [-0.39, 0.29) is 64.0 Å². The lowest BCUT2D eigenvalue weighted by Crippen LogP contribution is -2.42. The van der Waals surface area contributed by atoms with E-state index in [9.17, 15) is 19.2 Å². The van der Waals surface area contributed by atoms with Gasteiger partial charge in [-0.05, 0) is 84.7 Å². The van der Waals surface area contributed by atoms with Crippen LogP contribution in [0.15, 0.2) is 82.6 Å². The summed E-state index contributed by atoms with van der Waals surface area (Å²) in [6.07, 6.45) is 0.802. The van der Waals surface area contributed by atoms with Crippen LogP contribution in [0.4, 0.5) is 11.4 Å². The van der Waals surface area contributed by atoms with Crippen molar-refractivity contribution in [2.45, 2.75) is 29.5 Å². The van der Waals surface area contributed by atoms with Crippen LogP contribution in [0.2, 0.25) is 0 Å². The molecule has 0 spiro atoms. The van der Waals surface area contributed by atoms with Crippen LogP contribution in [0.5, 0.6) is 11.5 Å². The minimum atomic E-state index is -0.397. The number of carbonyl (C=O) groups is 3. The molecule has 3 aromatic carbocycles. The van der Waals surface area contributed by atoms with Crippen molar-refractivity contribution in [2.75, 3.05) is 23.9 Å². The summed E-state index contributed by atoms with van der Waals surface area (Å²) in [5.74, 6) is -0.168. The third kappa shape index (κ3) is 4.59. The summed E-state index contributed by atoms with van der Waals surface area (Å²) >= 11 is 2.87. The minimum absolute atomic E-state index is 0.00739. The third-order valence-electron chi connectivity index (χ3n) is 10.1. The molecule has 4 unspecified atom stereocenters. The molecule has 11 heteroatoms. The van der Waals surface area contributed by atoms with Gasteiger partial charge >= 0.3 is 4.87 Å². The molecule has 2 aliphatic heterocycles. The van der Waals surface area contributed by atoms with Gasteiger partial charge in [0, 0.05) is 21.7 Å². The lowest BCUT2D eigenvalue weighted by atomic mass is 9.68. The molecule has 8 rings (SSSR count). The number of methoxy groups -OCH3 is 1. The summed E-state index contributed by atoms with van der Waals surface area (Å²) in [6.45, 7) is 1.78. The van der Waals surface area contributed by atoms with Crippen LogP contribution in [0.25, 0.3) is 0 Å². The molecule has 4 aromatic rings. The van der Waals surface area contributed by atoms with E-state index >= 15 is 0 Å². The first-order valence-corrected chi connectivity index (χ1v) is 17.0. The van der Waals surface area contributed by atoms with E-state index in [4.69, 9.17) is 9.47 Å². The number of benzene rings is 3. The number of H-pyrrole nitrogens is 1. The zero-order valence-corrected chi connectivity index (χ0v) is 26.7. The molecule has 2 N–H and O–H groups in total. The molecule has 46 heavy (non-hydrogen) atoms. The van der Waals surface area contributed by atoms with Gasteiger partial charge in [-0.25, -0.2) is 0 Å². The van der Waals surface area contributed by atoms with Crippen LogP contribution >= 0.6 is 23.1 Å². The molecule has 0 radical (unpaired) electrons. The number of carbonyl (C=O) groups excluding carboxylic acids is 3. The molecule has 3 heterocycles. The van der Waals surface area contributed by atoms with Gasteiger partial charge in [0.1, 0.15) is 11.5 Å². The maximum absolute atomic E-state index is 14.0. The summed E-state index contributed by atoms with van der Waals surface area (Å²) in [7, 11) is 1.58. The number of nitrogens with one attached hydrogen (secondary N) is 2. The molecule has 234 valence electrons. The Labute approximate surface area is 273 Å². The Morgan fingerprint density at radius 3 is 2.48 bits per heavy atom. The van der Waals surface area contributed by atoms with Gasteiger partial charge in [0.25, 0.3) is 5.91 Å². The maximum atomic E-state index is 14.0. The van der Waals surface area contributed by atoms with E-state index in [1.54, 1.807) is 43.1 Å². The summed E-state index contributed by atoms with van der Waals surface area (Å²) < 4.78 is 11.2. The zero-order chi connectivity index (χ0) is 31.7. The van der Waals surface area contributed by atoms with E-state index in [0.29, 0.717) is 17.2 Å². The van der Waals surface area contributed by atoms with E-state index in [0.717, 1.165) is 33.1 Å². The van der Waals surface area contributed by atoms with Gasteiger partial charge in [0.2, 0.25) is 11.8 Å². The zero-order valence-electron chi connectivity index (χ0n) is 25.1. The summed E-state index contributed by atoms with van der Waals surface area (Å²) in [5.41, 5.74) is 3.24. The van der Waals surface area contributed by atoms with Crippen LogP contribution in [-0.4, -0.2) is 41.7 Å². The fourth-order valence-electron chi connectivity index (χ4n) is 8.22. The first-order valence-electron chi connectivity index (χ1n) is 15.3. The van der Waals surface area contributed by atoms with Gasteiger partial charge in [-0.2, -0.15) is 0 Å². The fraction of sp³-hybridized carbons (Fsp3) is 0.314. The number of aryl methyl sites for hydroxylation is 1. The Morgan fingerprint density at radius 2 is 1.72 bits per heavy atom. The number of ether oxygens (including phenoxy) is 2. The third-order valence-corrected chi connectivity index (χ3v) is 12.6. The van der Waals surface area contributed by atoms with Crippen molar-refractivity contribution in [1.29, 1.82) is 0 Å². The molecular formula is C35H31N3O6S2. The van der Waals surface area contributed by atoms with Gasteiger partial charge in [-0.3, -0.25) is 24.1 Å². The quantitative estimate of drug-likeness (QED) is 0.255. The van der Waals surface area contributed by atoms with Gasteiger partial charge in [0.15, 0.2) is 6.61 Å². The lowest BCUT2D eigenvalue weighted by Gasteiger charge is -2.43. The Kier molecular flexibility index (Phi) is 7.06. The van der Waals surface area contributed by atoms with Gasteiger partial charge in [-0.15, -0.1) is 11.8 Å². The normalized spacial score (nSPS) is 27.3. The van der Waals surface area contributed by atoms with Crippen molar-refractivity contribution in [3.05, 3.63) is 98.5 Å². The molecule has 7 atom stereocenters. The van der Waals surface area contributed by atoms with Gasteiger partial charge < -0.3 is 19.8 Å². The Hall–Kier alpha value is -4.35. The second-order valence-electron chi connectivity index (χ2n) is 12.4. The van der Waals surface area contributed by atoms with Gasteiger partial charge in [0.05, 0.1) is 29.7 Å². The number of fused-ring (bicyclic) bond motifs is 9. The highest BCUT2D eigenvalue weighted by molar-refractivity contribution is 8.00. The molecule has 3 amide bonds. The number of nitrogens with zero attached hydrogens (tertiary/aromatic N) is 1. The number of para-hydroxylation sites is 1. The number of hydrogen-bond donors (Lipinski definition) is 2. The molecule has 1 saturated heterocycles. The largest absolute Gasteiger partial charge is 0.497 e. The SMILES string of the molecule is COc1ccc(N2C(=O)C3C(C2=O)[C@@H]2C[C@H]3C3Sc4[nH]c(=O)sc4[C@H](c4cccc(OCC(=O)Nc5ccccc5C)c4)C32)cc1. The average Bonchev–Trinajstić information content (AvgIpc) is 3.80. The predicted octanol–water partition coefficient (Wildman–Crippen LogP) is 5.45. The number of thioether (sulfide) groups is 1. The standard InChI is InChI=1S/C35H31N3O6S2/c1-17-6-3-4-9-24(17)36-25(39)16-44-21-8-5-7-18(14-21)26-27-22-15-23(30(27)45-32-31(26)46-35(42)37-32)29-28(22)33(40)38(34(29)41)19-10-12-20(43-2)13-11-19/h3-14,22-23,26-30H,15-16H2,1-2H3,(H,36,39)(H,37,42)/t22-,23-,26-,27?,28?,29?,30?/m1/s1. The number of rotatable bonds is 7. The highest BCUT2D eigenvalue weighted by atomic mass is 32.2. The van der Waals surface area contributed by atoms with Crippen molar-refractivity contribution >= 4 is 52.2 Å². The molecule has 9 nitrogen and oxygen atoms in total. The minimum Gasteiger partial charge on any atom is -0.497 e. The molecule has 2 saturated carbocycles. The summed E-state index contributed by atoms with van der Waals surface area (Å²) in [4.78, 5) is 58.5. The van der Waals surface area contributed by atoms with Gasteiger partial charge in [-0.1, -0.05) is 41.7 Å². The monoisotopic (exact) mass is 653 g/mol. The molecule has 2 bridgehead atoms. The van der Waals surface area contributed by atoms with E-state index in [1.165, 1.54) is 16.2 Å². The second-order valence-corrected chi connectivity index (χ2v) is 14.6. The van der Waals surface area contributed by atoms with Crippen LogP contribution < -0.4 is 24.6 Å². The average molecular weight is 654 g/mol. The number of imide groups is 1. The highest BCUT2D eigenvalue weighted by Crippen LogP contribution is 2.68. The Balaban J connectivity index is 1.08. The molecule has 3 fully saturated rings. The van der Waals surface area contributed by atoms with Crippen molar-refractivity contribution in [1.82, 2.24) is 4.98 Å². The Morgan fingerprint density at radius 1 is 0.957 bits per heavy atom. The summed E-state index contributed by atoms with van der Waals surface area (Å²) in [5, 5.41) is 3.82. The van der Waals surface area contributed by atoms with Crippen molar-refractivity contribution < 1.29 is 23.9 Å². The topological polar surface area (TPSA) is 118 Å². The molecule has 2 aliphatic carbocycles. The van der Waals surface area contributed by atoms with Crippen molar-refractivity contribution in [3.63, 3.8) is 0 Å². The van der Waals surface area contributed by atoms with E-state index < -0.39 is 5.92 Å². The van der Waals surface area contributed by atoms with Crippen LogP contribution in [0, 0.1) is 36.5 Å². The summed E-state index contributed by atoms with van der Waals surface area (Å²) in [6, 6.07) is 22.3. The van der Waals surface area contributed by atoms with Crippen LogP contribution in [0.3, 0.4) is 0 Å². The second kappa shape index (κ2) is 11.2. The van der Waals surface area contributed by atoms with Crippen LogP contribution in [0.1, 0.15) is 28.3 Å². The van der Waals surface area contributed by atoms with Crippen molar-refractivity contribution in [2.24, 2.45) is 29.6 Å². The number of anilines is 2. The first-order chi connectivity index (χ1) is 22.3. The predicted molar refractivity (Wildman–Crippen MR) is 176 cm³/mol. The number of aromatic nitrogens is 1. The maximum Gasteiger partial charge on any atom is 0.305 e. The smallest absolute Gasteiger partial charge is 0.305 e. The number of amides is 3. The van der Waals surface area contributed by atoms with E-state index in [2.05, 4.69) is 10.3 Å². The van der Waals surface area contributed by atoms with Crippen molar-refractivity contribution in [3.8, 4) is 11.5 Å². The number of thiazole rings is 1. The van der Waals surface area contributed by atoms with E-state index in [1.807, 2.05) is 55.5 Å². The lowest BCUT2D eigenvalue weighted by molar-refractivity contribution is -0.123. The molecule has 1 aromatic heterocycles. The first kappa shape index (κ1) is 29.1.